The Kier molecular flexibility index (Phi) is 9.59. The molecule has 0 fully saturated rings. The fraction of sp³-hybridized carbons (Fsp3) is 0.667. The van der Waals surface area contributed by atoms with Crippen molar-refractivity contribution in [2.24, 2.45) is 0 Å². The zero-order valence-electron chi connectivity index (χ0n) is 6.13. The van der Waals surface area contributed by atoms with Gasteiger partial charge >= 0.3 is 5.97 Å². The van der Waals surface area contributed by atoms with Crippen molar-refractivity contribution < 1.29 is 19.8 Å². The third-order valence-electron chi connectivity index (χ3n) is 0.525. The van der Waals surface area contributed by atoms with Crippen LogP contribution in [0.2, 0.25) is 0 Å². The van der Waals surface area contributed by atoms with Crippen LogP contribution in [0.25, 0.3) is 0 Å². The van der Waals surface area contributed by atoms with E-state index in [1.165, 1.54) is 0 Å². The summed E-state index contributed by atoms with van der Waals surface area (Å²) < 4.78 is 0. The van der Waals surface area contributed by atoms with Gasteiger partial charge in [0.25, 0.3) is 0 Å². The van der Waals surface area contributed by atoms with Crippen LogP contribution in [-0.4, -0.2) is 28.6 Å². The van der Waals surface area contributed by atoms with Crippen molar-refractivity contribution in [3.05, 3.63) is 0 Å². The van der Waals surface area contributed by atoms with Crippen LogP contribution in [0.5, 0.6) is 0 Å². The van der Waals surface area contributed by atoms with E-state index >= 15 is 0 Å². The number of rotatable bonds is 2. The first kappa shape index (κ1) is 11.8. The Labute approximate surface area is 59.5 Å². The third kappa shape index (κ3) is 15.7. The molecule has 0 aliphatic heterocycles. The van der Waals surface area contributed by atoms with E-state index in [4.69, 9.17) is 10.2 Å². The summed E-state index contributed by atoms with van der Waals surface area (Å²) in [6.45, 7) is 3.25. The lowest BCUT2D eigenvalue weighted by Crippen LogP contribution is -2.05. The maximum Gasteiger partial charge on any atom is 0.371 e. The fourth-order valence-corrected chi connectivity index (χ4v) is 0. The standard InChI is InChI=1S/C3H4O3.C3H8O/c1-2(4)3(5)6;1-2-3-4/h1H3,(H,5,6);4H,2-3H2,1H3. The summed E-state index contributed by atoms with van der Waals surface area (Å²) in [5, 5.41) is 15.5. The van der Waals surface area contributed by atoms with Gasteiger partial charge in [0.2, 0.25) is 5.78 Å². The van der Waals surface area contributed by atoms with Gasteiger partial charge < -0.3 is 10.2 Å². The van der Waals surface area contributed by atoms with E-state index in [1.807, 2.05) is 6.92 Å². The van der Waals surface area contributed by atoms with Crippen molar-refractivity contribution in [3.63, 3.8) is 0 Å². The second-order valence-corrected chi connectivity index (χ2v) is 1.58. The van der Waals surface area contributed by atoms with E-state index in [-0.39, 0.29) is 0 Å². The fourth-order valence-electron chi connectivity index (χ4n) is 0. The van der Waals surface area contributed by atoms with Gasteiger partial charge in [-0.1, -0.05) is 6.92 Å². The minimum Gasteiger partial charge on any atom is -0.476 e. The Hall–Kier alpha value is -0.900. The summed E-state index contributed by atoms with van der Waals surface area (Å²) in [5.41, 5.74) is 0. The maximum absolute atomic E-state index is 9.54. The summed E-state index contributed by atoms with van der Waals surface area (Å²) in [4.78, 5) is 18.9. The molecule has 0 atom stereocenters. The highest BCUT2D eigenvalue weighted by molar-refractivity contribution is 6.31. The van der Waals surface area contributed by atoms with Gasteiger partial charge in [-0.15, -0.1) is 0 Å². The van der Waals surface area contributed by atoms with Crippen LogP contribution in [0.3, 0.4) is 0 Å². The summed E-state index contributed by atoms with van der Waals surface area (Å²) >= 11 is 0. The maximum atomic E-state index is 9.54. The lowest BCUT2D eigenvalue weighted by molar-refractivity contribution is -0.148. The van der Waals surface area contributed by atoms with Gasteiger partial charge in [0, 0.05) is 13.5 Å². The normalized spacial score (nSPS) is 7.50. The average Bonchev–Trinajstić information content (AvgIpc) is 1.89. The first-order valence-electron chi connectivity index (χ1n) is 2.91. The van der Waals surface area contributed by atoms with Crippen LogP contribution in [-0.2, 0) is 9.59 Å². The number of aliphatic hydroxyl groups excluding tert-OH is 1. The van der Waals surface area contributed by atoms with Gasteiger partial charge in [0.05, 0.1) is 0 Å². The Balaban J connectivity index is 0. The molecule has 0 bridgehead atoms. The highest BCUT2D eigenvalue weighted by Crippen LogP contribution is 1.62. The van der Waals surface area contributed by atoms with E-state index in [0.29, 0.717) is 6.61 Å². The first-order valence-corrected chi connectivity index (χ1v) is 2.91. The molecule has 0 saturated heterocycles. The minimum atomic E-state index is -1.38. The third-order valence-corrected chi connectivity index (χ3v) is 0.525. The van der Waals surface area contributed by atoms with Crippen LogP contribution >= 0.6 is 0 Å². The minimum absolute atomic E-state index is 0.319. The molecule has 0 heterocycles. The Morgan fingerprint density at radius 1 is 1.40 bits per heavy atom. The number of ketones is 1. The van der Waals surface area contributed by atoms with Crippen molar-refractivity contribution in [2.45, 2.75) is 20.3 Å². The van der Waals surface area contributed by atoms with E-state index in [1.54, 1.807) is 0 Å². The molecule has 0 aromatic heterocycles. The molecule has 0 amide bonds. The largest absolute Gasteiger partial charge is 0.476 e. The van der Waals surface area contributed by atoms with Crippen molar-refractivity contribution in [3.8, 4) is 0 Å². The number of carbonyl (C=O) groups excluding carboxylic acids is 1. The molecule has 60 valence electrons. The summed E-state index contributed by atoms with van der Waals surface area (Å²) in [5.74, 6) is -2.20. The zero-order valence-corrected chi connectivity index (χ0v) is 6.13. The number of carboxylic acids is 1. The molecule has 0 aromatic carbocycles. The topological polar surface area (TPSA) is 74.6 Å². The highest BCUT2D eigenvalue weighted by atomic mass is 16.4. The summed E-state index contributed by atoms with van der Waals surface area (Å²) in [7, 11) is 0. The van der Waals surface area contributed by atoms with Crippen LogP contribution < -0.4 is 0 Å². The monoisotopic (exact) mass is 148 g/mol. The van der Waals surface area contributed by atoms with Crippen molar-refractivity contribution in [1.82, 2.24) is 0 Å². The molecule has 0 radical (unpaired) electrons. The molecule has 0 unspecified atom stereocenters. The van der Waals surface area contributed by atoms with E-state index in [2.05, 4.69) is 0 Å². The first-order chi connectivity index (χ1) is 4.56. The molecular weight excluding hydrogens is 136 g/mol. The molecule has 0 aliphatic rings. The van der Waals surface area contributed by atoms with Gasteiger partial charge in [0.15, 0.2) is 0 Å². The van der Waals surface area contributed by atoms with Gasteiger partial charge in [-0.25, -0.2) is 4.79 Å². The quantitative estimate of drug-likeness (QED) is 0.542. The molecule has 0 spiro atoms. The molecule has 0 aromatic rings. The lowest BCUT2D eigenvalue weighted by atomic mass is 10.5. The van der Waals surface area contributed by atoms with Crippen LogP contribution in [0.15, 0.2) is 0 Å². The molecule has 0 rings (SSSR count). The van der Waals surface area contributed by atoms with Crippen molar-refractivity contribution in [1.29, 1.82) is 0 Å². The number of carboxylic acid groups (broad SMARTS) is 1. The number of hydrogen-bond donors (Lipinski definition) is 2. The van der Waals surface area contributed by atoms with Gasteiger partial charge in [0.1, 0.15) is 0 Å². The predicted molar refractivity (Wildman–Crippen MR) is 35.7 cm³/mol. The number of hydrogen-bond acceptors (Lipinski definition) is 3. The van der Waals surface area contributed by atoms with E-state index in [0.717, 1.165) is 13.3 Å². The van der Waals surface area contributed by atoms with Gasteiger partial charge in [-0.05, 0) is 6.42 Å². The molecule has 0 aliphatic carbocycles. The molecule has 10 heavy (non-hydrogen) atoms. The second-order valence-electron chi connectivity index (χ2n) is 1.58. The average molecular weight is 148 g/mol. The van der Waals surface area contributed by atoms with Crippen molar-refractivity contribution >= 4 is 11.8 Å². The summed E-state index contributed by atoms with van der Waals surface area (Å²) in [6.07, 6.45) is 0.875. The number of aliphatic hydroxyl groups is 1. The molecular formula is C6H12O4. The molecule has 4 heteroatoms. The Morgan fingerprint density at radius 2 is 1.60 bits per heavy atom. The van der Waals surface area contributed by atoms with Gasteiger partial charge in [-0.3, -0.25) is 4.79 Å². The zero-order chi connectivity index (χ0) is 8.57. The van der Waals surface area contributed by atoms with Crippen LogP contribution in [0.1, 0.15) is 20.3 Å². The number of Topliss-reactive ketones (excluding diaryl/α,β-unsaturated/α-hetero) is 1. The van der Waals surface area contributed by atoms with Crippen molar-refractivity contribution in [2.75, 3.05) is 6.61 Å². The van der Waals surface area contributed by atoms with Gasteiger partial charge in [-0.2, -0.15) is 0 Å². The second kappa shape index (κ2) is 8.10. The SMILES string of the molecule is CC(=O)C(=O)O.CCCO. The van der Waals surface area contributed by atoms with Crippen LogP contribution in [0.4, 0.5) is 0 Å². The Bertz CT molecular complexity index is 94.3. The Morgan fingerprint density at radius 3 is 1.60 bits per heavy atom. The van der Waals surface area contributed by atoms with E-state index in [9.17, 15) is 9.59 Å². The predicted octanol–water partition coefficient (Wildman–Crippen LogP) is 0.0487. The van der Waals surface area contributed by atoms with Crippen LogP contribution in [0, 0.1) is 0 Å². The molecule has 2 N–H and O–H groups in total. The smallest absolute Gasteiger partial charge is 0.371 e. The number of carbonyl (C=O) groups is 2. The number of aliphatic carboxylic acids is 1. The molecule has 4 nitrogen and oxygen atoms in total. The highest BCUT2D eigenvalue weighted by Gasteiger charge is 1.98. The van der Waals surface area contributed by atoms with E-state index < -0.39 is 11.8 Å². The summed E-state index contributed by atoms with van der Waals surface area (Å²) in [6, 6.07) is 0. The molecule has 0 saturated carbocycles. The lowest BCUT2D eigenvalue weighted by Gasteiger charge is -1.73.